The van der Waals surface area contributed by atoms with Gasteiger partial charge in [-0.15, -0.1) is 0 Å². The van der Waals surface area contributed by atoms with Gasteiger partial charge in [-0.25, -0.2) is 0 Å². The van der Waals surface area contributed by atoms with Crippen LogP contribution in [0.3, 0.4) is 0 Å². The van der Waals surface area contributed by atoms with E-state index in [-0.39, 0.29) is 0 Å². The zero-order chi connectivity index (χ0) is 13.5. The Morgan fingerprint density at radius 1 is 1.21 bits per heavy atom. The van der Waals surface area contributed by atoms with Crippen molar-refractivity contribution < 1.29 is 4.74 Å². The number of hydrogen-bond acceptors (Lipinski definition) is 3. The number of likely N-dealkylation sites (tertiary alicyclic amines) is 1. The highest BCUT2D eigenvalue weighted by Gasteiger charge is 2.15. The lowest BCUT2D eigenvalue weighted by Gasteiger charge is -2.29. The van der Waals surface area contributed by atoms with Crippen molar-refractivity contribution in [2.24, 2.45) is 0 Å². The molecule has 1 aliphatic heterocycles. The lowest BCUT2D eigenvalue weighted by atomic mass is 10.1. The average Bonchev–Trinajstić information content (AvgIpc) is 2.43. The number of benzene rings is 1. The van der Waals surface area contributed by atoms with Gasteiger partial charge in [0.15, 0.2) is 0 Å². The van der Waals surface area contributed by atoms with Crippen LogP contribution in [0.4, 0.5) is 0 Å². The molecule has 3 nitrogen and oxygen atoms in total. The Kier molecular flexibility index (Phi) is 5.67. The Labute approximate surface area is 116 Å². The van der Waals surface area contributed by atoms with E-state index in [1.807, 2.05) is 12.1 Å². The summed E-state index contributed by atoms with van der Waals surface area (Å²) in [5.74, 6) is 0.977. The van der Waals surface area contributed by atoms with E-state index in [0.717, 1.165) is 25.3 Å². The van der Waals surface area contributed by atoms with Gasteiger partial charge in [0.25, 0.3) is 0 Å². The van der Waals surface area contributed by atoms with Crippen molar-refractivity contribution >= 4 is 0 Å². The highest BCUT2D eigenvalue weighted by Crippen LogP contribution is 2.11. The second-order valence-corrected chi connectivity index (χ2v) is 5.55. The first kappa shape index (κ1) is 14.4. The molecule has 1 fully saturated rings. The Balaban J connectivity index is 1.53. The summed E-state index contributed by atoms with van der Waals surface area (Å²) in [6, 6.07) is 8.97. The highest BCUT2D eigenvalue weighted by atomic mass is 16.5. The first-order valence-electron chi connectivity index (χ1n) is 7.35. The number of ether oxygens (including phenoxy) is 1. The van der Waals surface area contributed by atoms with Gasteiger partial charge in [-0.1, -0.05) is 17.7 Å². The summed E-state index contributed by atoms with van der Waals surface area (Å²) in [4.78, 5) is 2.40. The molecule has 1 heterocycles. The van der Waals surface area contributed by atoms with Crippen molar-refractivity contribution in [2.75, 3.05) is 33.3 Å². The van der Waals surface area contributed by atoms with Crippen LogP contribution in [0.5, 0.6) is 5.75 Å². The molecule has 0 bridgehead atoms. The van der Waals surface area contributed by atoms with Crippen LogP contribution in [0.25, 0.3) is 0 Å². The largest absolute Gasteiger partial charge is 0.494 e. The minimum absolute atomic E-state index is 0.704. The summed E-state index contributed by atoms with van der Waals surface area (Å²) in [5.41, 5.74) is 1.27. The molecule has 0 aromatic heterocycles. The molecule has 1 aromatic carbocycles. The molecule has 1 aliphatic rings. The molecule has 19 heavy (non-hydrogen) atoms. The van der Waals surface area contributed by atoms with Gasteiger partial charge < -0.3 is 15.0 Å². The molecule has 1 saturated heterocycles. The molecule has 0 unspecified atom stereocenters. The van der Waals surface area contributed by atoms with Crippen LogP contribution in [0, 0.1) is 6.92 Å². The molecular formula is C16H26N2O. The molecular weight excluding hydrogens is 236 g/mol. The van der Waals surface area contributed by atoms with Crippen LogP contribution in [0.2, 0.25) is 0 Å². The average molecular weight is 262 g/mol. The van der Waals surface area contributed by atoms with E-state index in [0.29, 0.717) is 6.04 Å². The molecule has 0 atom stereocenters. The van der Waals surface area contributed by atoms with Crippen LogP contribution in [0.1, 0.15) is 24.8 Å². The van der Waals surface area contributed by atoms with Crippen molar-refractivity contribution in [1.29, 1.82) is 0 Å². The normalized spacial score (nSPS) is 17.6. The van der Waals surface area contributed by atoms with Crippen molar-refractivity contribution in [3.05, 3.63) is 29.8 Å². The molecule has 106 valence electrons. The monoisotopic (exact) mass is 262 g/mol. The van der Waals surface area contributed by atoms with Crippen molar-refractivity contribution in [3.63, 3.8) is 0 Å². The van der Waals surface area contributed by atoms with E-state index in [1.165, 1.54) is 31.5 Å². The van der Waals surface area contributed by atoms with Crippen LogP contribution in [-0.4, -0.2) is 44.2 Å². The third kappa shape index (κ3) is 5.21. The molecule has 0 saturated carbocycles. The molecule has 1 aromatic rings. The van der Waals surface area contributed by atoms with E-state index in [2.05, 4.69) is 36.3 Å². The quantitative estimate of drug-likeness (QED) is 0.797. The summed E-state index contributed by atoms with van der Waals surface area (Å²) in [5, 5.41) is 3.63. The Morgan fingerprint density at radius 3 is 2.58 bits per heavy atom. The highest BCUT2D eigenvalue weighted by molar-refractivity contribution is 5.26. The van der Waals surface area contributed by atoms with Gasteiger partial charge in [-0.05, 0) is 65.0 Å². The van der Waals surface area contributed by atoms with E-state index >= 15 is 0 Å². The van der Waals surface area contributed by atoms with Crippen LogP contribution >= 0.6 is 0 Å². The minimum Gasteiger partial charge on any atom is -0.494 e. The molecule has 0 spiro atoms. The number of nitrogens with zero attached hydrogens (tertiary/aromatic N) is 1. The fraction of sp³-hybridized carbons (Fsp3) is 0.625. The van der Waals surface area contributed by atoms with Gasteiger partial charge in [0.1, 0.15) is 5.75 Å². The number of rotatable bonds is 6. The van der Waals surface area contributed by atoms with E-state index < -0.39 is 0 Å². The number of nitrogens with one attached hydrogen (secondary N) is 1. The van der Waals surface area contributed by atoms with Crippen molar-refractivity contribution in [3.8, 4) is 5.75 Å². The third-order valence-electron chi connectivity index (χ3n) is 3.76. The van der Waals surface area contributed by atoms with Gasteiger partial charge >= 0.3 is 0 Å². The van der Waals surface area contributed by atoms with Gasteiger partial charge in [0, 0.05) is 6.04 Å². The van der Waals surface area contributed by atoms with E-state index in [1.54, 1.807) is 0 Å². The lowest BCUT2D eigenvalue weighted by molar-refractivity contribution is 0.230. The molecule has 2 rings (SSSR count). The lowest BCUT2D eigenvalue weighted by Crippen LogP contribution is -2.41. The fourth-order valence-corrected chi connectivity index (χ4v) is 2.42. The zero-order valence-corrected chi connectivity index (χ0v) is 12.2. The van der Waals surface area contributed by atoms with Gasteiger partial charge in [0.2, 0.25) is 0 Å². The third-order valence-corrected chi connectivity index (χ3v) is 3.76. The molecule has 0 aliphatic carbocycles. The minimum atomic E-state index is 0.704. The van der Waals surface area contributed by atoms with Crippen molar-refractivity contribution in [2.45, 2.75) is 32.2 Å². The van der Waals surface area contributed by atoms with E-state index in [9.17, 15) is 0 Å². The Hall–Kier alpha value is -1.06. The predicted molar refractivity (Wildman–Crippen MR) is 79.8 cm³/mol. The number of aryl methyl sites for hydroxylation is 1. The maximum absolute atomic E-state index is 5.72. The first-order valence-corrected chi connectivity index (χ1v) is 7.35. The van der Waals surface area contributed by atoms with Crippen LogP contribution < -0.4 is 10.1 Å². The van der Waals surface area contributed by atoms with Gasteiger partial charge in [-0.3, -0.25) is 0 Å². The standard InChI is InChI=1S/C16H26N2O/c1-14-4-6-16(7-5-14)19-13-3-10-17-15-8-11-18(2)12-9-15/h4-7,15,17H,3,8-13H2,1-2H3. The Morgan fingerprint density at radius 2 is 1.89 bits per heavy atom. The topological polar surface area (TPSA) is 24.5 Å². The fourth-order valence-electron chi connectivity index (χ4n) is 2.42. The molecule has 1 N–H and O–H groups in total. The van der Waals surface area contributed by atoms with Gasteiger partial charge in [-0.2, -0.15) is 0 Å². The maximum atomic E-state index is 5.72. The maximum Gasteiger partial charge on any atom is 0.119 e. The summed E-state index contributed by atoms with van der Waals surface area (Å²) in [6.07, 6.45) is 3.62. The van der Waals surface area contributed by atoms with Crippen LogP contribution in [0.15, 0.2) is 24.3 Å². The molecule has 0 radical (unpaired) electrons. The van der Waals surface area contributed by atoms with Gasteiger partial charge in [0.05, 0.1) is 6.61 Å². The number of piperidine rings is 1. The molecule has 3 heteroatoms. The number of hydrogen-bond donors (Lipinski definition) is 1. The van der Waals surface area contributed by atoms with E-state index in [4.69, 9.17) is 4.74 Å². The smallest absolute Gasteiger partial charge is 0.119 e. The zero-order valence-electron chi connectivity index (χ0n) is 12.2. The summed E-state index contributed by atoms with van der Waals surface area (Å²) in [6.45, 7) is 6.38. The summed E-state index contributed by atoms with van der Waals surface area (Å²) >= 11 is 0. The first-order chi connectivity index (χ1) is 9.24. The second kappa shape index (κ2) is 7.51. The second-order valence-electron chi connectivity index (χ2n) is 5.55. The predicted octanol–water partition coefficient (Wildman–Crippen LogP) is 2.45. The Bertz CT molecular complexity index is 356. The summed E-state index contributed by atoms with van der Waals surface area (Å²) < 4.78 is 5.72. The summed E-state index contributed by atoms with van der Waals surface area (Å²) in [7, 11) is 2.20. The SMILES string of the molecule is Cc1ccc(OCCCNC2CCN(C)CC2)cc1. The molecule has 0 amide bonds. The van der Waals surface area contributed by atoms with Crippen molar-refractivity contribution in [1.82, 2.24) is 10.2 Å². The van der Waals surface area contributed by atoms with Crippen LogP contribution in [-0.2, 0) is 0 Å².